The maximum atomic E-state index is 14.0. The molecule has 0 saturated heterocycles. The van der Waals surface area contributed by atoms with E-state index in [2.05, 4.69) is 13.8 Å². The second-order valence-corrected chi connectivity index (χ2v) is 10.1. The van der Waals surface area contributed by atoms with E-state index in [-0.39, 0.29) is 5.92 Å². The van der Waals surface area contributed by atoms with E-state index in [4.69, 9.17) is 5.26 Å². The lowest BCUT2D eigenvalue weighted by Crippen LogP contribution is -2.27. The fourth-order valence-electron chi connectivity index (χ4n) is 6.16. The number of nitriles is 1. The number of unbranched alkanes of at least 4 members (excludes halogenated alkanes) is 3. The summed E-state index contributed by atoms with van der Waals surface area (Å²) in [5.74, 6) is 1.90. The van der Waals surface area contributed by atoms with Crippen molar-refractivity contribution in [1.82, 2.24) is 0 Å². The first kappa shape index (κ1) is 23.2. The molecule has 0 aromatic heterocycles. The molecule has 0 amide bonds. The molecular formula is C27H39F2N. The zero-order valence-corrected chi connectivity index (χ0v) is 18.9. The van der Waals surface area contributed by atoms with Gasteiger partial charge >= 0.3 is 0 Å². The summed E-state index contributed by atoms with van der Waals surface area (Å²) in [7, 11) is 0. The Balaban J connectivity index is 1.45. The van der Waals surface area contributed by atoms with Gasteiger partial charge in [0, 0.05) is 0 Å². The molecule has 0 bridgehead atoms. The van der Waals surface area contributed by atoms with Crippen molar-refractivity contribution in [2.24, 2.45) is 23.7 Å². The van der Waals surface area contributed by atoms with Crippen LogP contribution in [0.5, 0.6) is 0 Å². The van der Waals surface area contributed by atoms with E-state index in [0.717, 1.165) is 30.6 Å². The molecule has 166 valence electrons. The molecular weight excluding hydrogens is 376 g/mol. The first-order valence-corrected chi connectivity index (χ1v) is 12.4. The Kier molecular flexibility index (Phi) is 8.72. The predicted molar refractivity (Wildman–Crippen MR) is 119 cm³/mol. The SMILES string of the molecule is CCCCCCC1CCC(C2CCC(C(C)c3cc(F)c(C#N)c(F)c3)CC2)CC1. The molecule has 1 aromatic rings. The number of halogens is 2. The number of hydrogen-bond acceptors (Lipinski definition) is 1. The molecule has 1 atom stereocenters. The van der Waals surface area contributed by atoms with Crippen molar-refractivity contribution in [3.05, 3.63) is 34.9 Å². The first-order chi connectivity index (χ1) is 14.5. The topological polar surface area (TPSA) is 23.8 Å². The zero-order valence-electron chi connectivity index (χ0n) is 18.9. The fourth-order valence-corrected chi connectivity index (χ4v) is 6.16. The second-order valence-electron chi connectivity index (χ2n) is 10.1. The van der Waals surface area contributed by atoms with E-state index in [1.807, 2.05) is 0 Å². The van der Waals surface area contributed by atoms with Gasteiger partial charge in [0.2, 0.25) is 0 Å². The minimum absolute atomic E-state index is 0.140. The third-order valence-corrected chi connectivity index (χ3v) is 8.25. The van der Waals surface area contributed by atoms with Crippen LogP contribution >= 0.6 is 0 Å². The highest BCUT2D eigenvalue weighted by atomic mass is 19.1. The van der Waals surface area contributed by atoms with Gasteiger partial charge in [-0.1, -0.05) is 58.8 Å². The van der Waals surface area contributed by atoms with Crippen molar-refractivity contribution in [1.29, 1.82) is 5.26 Å². The summed E-state index contributed by atoms with van der Waals surface area (Å²) in [6.45, 7) is 4.37. The Bertz CT molecular complexity index is 683. The van der Waals surface area contributed by atoms with E-state index in [0.29, 0.717) is 11.5 Å². The van der Waals surface area contributed by atoms with Crippen molar-refractivity contribution in [3.63, 3.8) is 0 Å². The molecule has 0 aliphatic heterocycles. The van der Waals surface area contributed by atoms with Crippen LogP contribution in [0.2, 0.25) is 0 Å². The van der Waals surface area contributed by atoms with E-state index in [1.165, 1.54) is 82.8 Å². The minimum Gasteiger partial charge on any atom is -0.205 e. The van der Waals surface area contributed by atoms with Crippen LogP contribution in [0.3, 0.4) is 0 Å². The highest BCUT2D eigenvalue weighted by molar-refractivity contribution is 5.36. The highest BCUT2D eigenvalue weighted by Crippen LogP contribution is 2.45. The van der Waals surface area contributed by atoms with Crippen LogP contribution in [0.25, 0.3) is 0 Å². The second kappa shape index (κ2) is 11.3. The standard InChI is InChI=1S/C27H39F2N/c1-3-4-5-6-7-20-8-10-22(11-9-20)23-14-12-21(13-15-23)19(2)24-16-26(28)25(18-30)27(29)17-24/h16-17,19-23H,3-15H2,1-2H3. The summed E-state index contributed by atoms with van der Waals surface area (Å²) < 4.78 is 28.1. The Morgan fingerprint density at radius 2 is 1.47 bits per heavy atom. The molecule has 3 rings (SSSR count). The molecule has 0 N–H and O–H groups in total. The van der Waals surface area contributed by atoms with Crippen LogP contribution in [0.4, 0.5) is 8.78 Å². The number of rotatable bonds is 8. The number of benzene rings is 1. The van der Waals surface area contributed by atoms with E-state index in [1.54, 1.807) is 6.07 Å². The summed E-state index contributed by atoms with van der Waals surface area (Å²) in [5.41, 5.74) is 0.242. The van der Waals surface area contributed by atoms with Crippen LogP contribution in [0, 0.1) is 46.6 Å². The molecule has 3 heteroatoms. The van der Waals surface area contributed by atoms with Crippen molar-refractivity contribution in [2.45, 2.75) is 103 Å². The summed E-state index contributed by atoms with van der Waals surface area (Å²) in [6.07, 6.45) is 17.5. The molecule has 1 nitrogen and oxygen atoms in total. The largest absolute Gasteiger partial charge is 0.205 e. The molecule has 1 unspecified atom stereocenters. The van der Waals surface area contributed by atoms with Gasteiger partial charge < -0.3 is 0 Å². The number of hydrogen-bond donors (Lipinski definition) is 0. The molecule has 2 aliphatic carbocycles. The van der Waals surface area contributed by atoms with Crippen molar-refractivity contribution >= 4 is 0 Å². The van der Waals surface area contributed by atoms with Gasteiger partial charge in [0.05, 0.1) is 0 Å². The normalized spacial score (nSPS) is 28.1. The monoisotopic (exact) mass is 415 g/mol. The van der Waals surface area contributed by atoms with E-state index >= 15 is 0 Å². The predicted octanol–water partition coefficient (Wildman–Crippen LogP) is 8.52. The van der Waals surface area contributed by atoms with Gasteiger partial charge in [-0.05, 0) is 85.8 Å². The summed E-state index contributed by atoms with van der Waals surface area (Å²) >= 11 is 0. The summed E-state index contributed by atoms with van der Waals surface area (Å²) in [4.78, 5) is 0. The zero-order chi connectivity index (χ0) is 21.5. The summed E-state index contributed by atoms with van der Waals surface area (Å²) in [5, 5.41) is 8.88. The van der Waals surface area contributed by atoms with Crippen molar-refractivity contribution in [2.75, 3.05) is 0 Å². The maximum absolute atomic E-state index is 14.0. The molecule has 2 fully saturated rings. The van der Waals surface area contributed by atoms with Gasteiger partial charge in [-0.3, -0.25) is 0 Å². The Morgan fingerprint density at radius 1 is 0.900 bits per heavy atom. The van der Waals surface area contributed by atoms with E-state index < -0.39 is 17.2 Å². The van der Waals surface area contributed by atoms with Gasteiger partial charge in [0.1, 0.15) is 23.3 Å². The maximum Gasteiger partial charge on any atom is 0.144 e. The first-order valence-electron chi connectivity index (χ1n) is 12.4. The lowest BCUT2D eigenvalue weighted by Gasteiger charge is -2.39. The van der Waals surface area contributed by atoms with Crippen molar-refractivity contribution in [3.8, 4) is 6.07 Å². The fraction of sp³-hybridized carbons (Fsp3) is 0.741. The Hall–Kier alpha value is -1.43. The molecule has 0 heterocycles. The van der Waals surface area contributed by atoms with Crippen LogP contribution < -0.4 is 0 Å². The highest BCUT2D eigenvalue weighted by Gasteiger charge is 2.33. The van der Waals surface area contributed by atoms with Gasteiger partial charge in [-0.25, -0.2) is 8.78 Å². The van der Waals surface area contributed by atoms with Gasteiger partial charge in [0.25, 0.3) is 0 Å². The smallest absolute Gasteiger partial charge is 0.144 e. The lowest BCUT2D eigenvalue weighted by atomic mass is 9.66. The van der Waals surface area contributed by atoms with Crippen molar-refractivity contribution < 1.29 is 8.78 Å². The molecule has 2 aliphatic rings. The van der Waals surface area contributed by atoms with Gasteiger partial charge in [-0.2, -0.15) is 5.26 Å². The lowest BCUT2D eigenvalue weighted by molar-refractivity contribution is 0.136. The molecule has 30 heavy (non-hydrogen) atoms. The Labute approximate surface area is 182 Å². The average molecular weight is 416 g/mol. The van der Waals surface area contributed by atoms with Crippen LogP contribution in [0.1, 0.15) is 114 Å². The molecule has 0 spiro atoms. The molecule has 1 aromatic carbocycles. The van der Waals surface area contributed by atoms with Gasteiger partial charge in [0.15, 0.2) is 0 Å². The number of nitrogens with zero attached hydrogens (tertiary/aromatic N) is 1. The van der Waals surface area contributed by atoms with E-state index in [9.17, 15) is 8.78 Å². The quantitative estimate of drug-likeness (QED) is 0.390. The molecule has 2 saturated carbocycles. The van der Waals surface area contributed by atoms with Crippen LogP contribution in [0.15, 0.2) is 12.1 Å². The minimum atomic E-state index is -0.723. The summed E-state index contributed by atoms with van der Waals surface area (Å²) in [6, 6.07) is 4.37. The Morgan fingerprint density at radius 3 is 2.00 bits per heavy atom. The van der Waals surface area contributed by atoms with Gasteiger partial charge in [-0.15, -0.1) is 0 Å². The third kappa shape index (κ3) is 5.83. The molecule has 0 radical (unpaired) electrons. The van der Waals surface area contributed by atoms with Crippen LogP contribution in [-0.4, -0.2) is 0 Å². The van der Waals surface area contributed by atoms with Crippen LogP contribution in [-0.2, 0) is 0 Å². The average Bonchev–Trinajstić information content (AvgIpc) is 2.76. The third-order valence-electron chi connectivity index (χ3n) is 8.25.